The van der Waals surface area contributed by atoms with Gasteiger partial charge >= 0.3 is 0 Å². The van der Waals surface area contributed by atoms with E-state index in [1.54, 1.807) is 0 Å². The second-order valence-corrected chi connectivity index (χ2v) is 3.98. The number of hydrogen-bond donors (Lipinski definition) is 0. The first-order valence-corrected chi connectivity index (χ1v) is 3.50. The highest BCUT2D eigenvalue weighted by molar-refractivity contribution is 14.1. The summed E-state index contributed by atoms with van der Waals surface area (Å²) >= 11 is 4.84. The van der Waals surface area contributed by atoms with Crippen LogP contribution < -0.4 is 0 Å². The van der Waals surface area contributed by atoms with Gasteiger partial charge in [-0.3, -0.25) is 4.79 Å². The van der Waals surface area contributed by atoms with Gasteiger partial charge in [0.1, 0.15) is 0 Å². The normalized spacial score (nSPS) is 8.43. The highest BCUT2D eigenvalue weighted by Gasteiger charge is 2.00. The summed E-state index contributed by atoms with van der Waals surface area (Å²) < 4.78 is 1.37. The molecule has 0 aliphatic carbocycles. The van der Waals surface area contributed by atoms with E-state index in [0.29, 0.717) is 6.42 Å². The second-order valence-electron chi connectivity index (χ2n) is 0.980. The average Bonchev–Trinajstić information content (AvgIpc) is 1.65. The van der Waals surface area contributed by atoms with Crippen LogP contribution in [0.5, 0.6) is 0 Å². The van der Waals surface area contributed by atoms with Crippen molar-refractivity contribution in [3.63, 3.8) is 0 Å². The fraction of sp³-hybridized carbons (Fsp3) is 0.667. The van der Waals surface area contributed by atoms with Crippen LogP contribution in [0.3, 0.4) is 0 Å². The van der Waals surface area contributed by atoms with E-state index >= 15 is 0 Å². The summed E-state index contributed by atoms with van der Waals surface area (Å²) in [5.41, 5.74) is 0. The van der Waals surface area contributed by atoms with Gasteiger partial charge in [0, 0.05) is 6.42 Å². The van der Waals surface area contributed by atoms with Gasteiger partial charge in [0.15, 0.2) is 0 Å². The Morgan fingerprint density at radius 1 is 2.00 bits per heavy atom. The van der Waals surface area contributed by atoms with Crippen LogP contribution in [-0.4, -0.2) is 8.05 Å². The number of carbonyl (C=O) groups excluding carboxylic acids is 1. The maximum atomic E-state index is 10.4. The molecule has 4 heteroatoms. The molecule has 0 saturated carbocycles. The molecule has 0 rings (SSSR count). The Hall–Kier alpha value is 0.680. The molecule has 0 unspecified atom stereocenters. The van der Waals surface area contributed by atoms with Crippen LogP contribution in [-0.2, 0) is 4.79 Å². The Balaban J connectivity index is 3.35. The van der Waals surface area contributed by atoms with Crippen molar-refractivity contribution in [1.29, 1.82) is 0 Å². The Morgan fingerprint density at radius 3 is 2.43 bits per heavy atom. The first-order chi connectivity index (χ1) is 3.18. The summed E-state index contributed by atoms with van der Waals surface area (Å²) in [6, 6.07) is 0. The Morgan fingerprint density at radius 2 is 2.43 bits per heavy atom. The molecule has 0 fully saturated rings. The molecule has 0 aromatic heterocycles. The Labute approximate surface area is 65.1 Å². The molecule has 0 atom stereocenters. The van der Waals surface area contributed by atoms with Crippen molar-refractivity contribution in [1.82, 2.24) is 2.14 Å². The van der Waals surface area contributed by atoms with Gasteiger partial charge in [-0.2, -0.15) is 0 Å². The Kier molecular flexibility index (Phi) is 4.01. The van der Waals surface area contributed by atoms with Crippen molar-refractivity contribution >= 4 is 44.9 Å². The maximum absolute atomic E-state index is 10.4. The van der Waals surface area contributed by atoms with Gasteiger partial charge in [-0.1, -0.05) is 6.92 Å². The standard InChI is InChI=1S/C3H5BrINO/c1-2-3(7)6(4)5/h2H2,1H3. The molecule has 0 bridgehead atoms. The van der Waals surface area contributed by atoms with Gasteiger partial charge in [-0.05, 0) is 0 Å². The van der Waals surface area contributed by atoms with Crippen molar-refractivity contribution in [3.8, 4) is 0 Å². The van der Waals surface area contributed by atoms with Crippen LogP contribution in [0.1, 0.15) is 13.3 Å². The monoisotopic (exact) mass is 277 g/mol. The predicted molar refractivity (Wildman–Crippen MR) is 40.1 cm³/mol. The first-order valence-electron chi connectivity index (χ1n) is 1.83. The van der Waals surface area contributed by atoms with E-state index in [9.17, 15) is 4.79 Å². The van der Waals surface area contributed by atoms with E-state index in [2.05, 4.69) is 16.1 Å². The van der Waals surface area contributed by atoms with Crippen LogP contribution in [0.15, 0.2) is 0 Å². The summed E-state index contributed by atoms with van der Waals surface area (Å²) in [6.45, 7) is 1.81. The van der Waals surface area contributed by atoms with Gasteiger partial charge < -0.3 is 0 Å². The molecule has 0 N–H and O–H groups in total. The van der Waals surface area contributed by atoms with Crippen LogP contribution in [0.25, 0.3) is 0 Å². The summed E-state index contributed by atoms with van der Waals surface area (Å²) in [5, 5.41) is 0. The number of hydrogen-bond acceptors (Lipinski definition) is 1. The SMILES string of the molecule is CCC(=O)N(Br)I. The predicted octanol–water partition coefficient (Wildman–Crippen LogP) is 1.88. The summed E-state index contributed by atoms with van der Waals surface area (Å²) in [5.74, 6) is 0.0839. The minimum atomic E-state index is 0.0839. The van der Waals surface area contributed by atoms with Crippen molar-refractivity contribution < 1.29 is 4.79 Å². The molecule has 2 nitrogen and oxygen atoms in total. The zero-order chi connectivity index (χ0) is 5.86. The van der Waals surface area contributed by atoms with Crippen molar-refractivity contribution in [3.05, 3.63) is 0 Å². The van der Waals surface area contributed by atoms with Crippen LogP contribution in [0.4, 0.5) is 0 Å². The molecule has 7 heavy (non-hydrogen) atoms. The average molecular weight is 278 g/mol. The molecule has 0 aromatic rings. The van der Waals surface area contributed by atoms with Gasteiger partial charge in [0.05, 0.1) is 39.0 Å². The molecular weight excluding hydrogens is 273 g/mol. The minimum Gasteiger partial charge on any atom is -0.273 e. The van der Waals surface area contributed by atoms with Crippen molar-refractivity contribution in [2.75, 3.05) is 0 Å². The number of rotatable bonds is 1. The van der Waals surface area contributed by atoms with E-state index in [1.165, 1.54) is 2.14 Å². The molecule has 1 amide bonds. The molecule has 0 saturated heterocycles. The number of carbonyl (C=O) groups is 1. The molecule has 0 heterocycles. The van der Waals surface area contributed by atoms with Crippen molar-refractivity contribution in [2.45, 2.75) is 13.3 Å². The minimum absolute atomic E-state index is 0.0839. The highest BCUT2D eigenvalue weighted by Crippen LogP contribution is 2.07. The lowest BCUT2D eigenvalue weighted by Gasteiger charge is -1.98. The highest BCUT2D eigenvalue weighted by atomic mass is 127. The fourth-order valence-electron chi connectivity index (χ4n) is 0.120. The third-order valence-corrected chi connectivity index (χ3v) is 1.42. The molecule has 0 radical (unpaired) electrons. The van der Waals surface area contributed by atoms with Crippen molar-refractivity contribution in [2.24, 2.45) is 0 Å². The molecular formula is C3H5BrINO. The molecule has 42 valence electrons. The lowest BCUT2D eigenvalue weighted by Crippen LogP contribution is -2.06. The van der Waals surface area contributed by atoms with E-state index in [4.69, 9.17) is 0 Å². The molecule has 0 aliphatic rings. The first kappa shape index (κ1) is 7.68. The molecule has 0 spiro atoms. The van der Waals surface area contributed by atoms with Gasteiger partial charge in [0.2, 0.25) is 5.91 Å². The second kappa shape index (κ2) is 3.65. The quantitative estimate of drug-likeness (QED) is 0.529. The smallest absolute Gasteiger partial charge is 0.241 e. The van der Waals surface area contributed by atoms with Crippen LogP contribution >= 0.6 is 39.0 Å². The maximum Gasteiger partial charge on any atom is 0.241 e. The van der Waals surface area contributed by atoms with E-state index in [1.807, 2.05) is 29.8 Å². The topological polar surface area (TPSA) is 20.3 Å². The zero-order valence-electron chi connectivity index (χ0n) is 3.82. The fourth-order valence-corrected chi connectivity index (χ4v) is 0.711. The number of halogens is 2. The van der Waals surface area contributed by atoms with Gasteiger partial charge in [0.25, 0.3) is 0 Å². The largest absolute Gasteiger partial charge is 0.273 e. The molecule has 0 aliphatic heterocycles. The Bertz CT molecular complexity index is 75.3. The third-order valence-electron chi connectivity index (χ3n) is 0.491. The number of nitrogens with zero attached hydrogens (tertiary/aromatic N) is 1. The van der Waals surface area contributed by atoms with E-state index < -0.39 is 0 Å². The van der Waals surface area contributed by atoms with Gasteiger partial charge in [-0.15, -0.1) is 0 Å². The summed E-state index contributed by atoms with van der Waals surface area (Å²) in [6.07, 6.45) is 0.550. The molecule has 0 aromatic carbocycles. The number of amides is 1. The van der Waals surface area contributed by atoms with Crippen LogP contribution in [0, 0.1) is 0 Å². The van der Waals surface area contributed by atoms with E-state index in [-0.39, 0.29) is 5.91 Å². The lowest BCUT2D eigenvalue weighted by atomic mass is 10.5. The lowest BCUT2D eigenvalue weighted by molar-refractivity contribution is -0.121. The van der Waals surface area contributed by atoms with E-state index in [0.717, 1.165) is 0 Å². The third kappa shape index (κ3) is 3.28. The van der Waals surface area contributed by atoms with Crippen LogP contribution in [0.2, 0.25) is 0 Å². The zero-order valence-corrected chi connectivity index (χ0v) is 7.56. The summed E-state index contributed by atoms with van der Waals surface area (Å²) in [7, 11) is 0. The van der Waals surface area contributed by atoms with Gasteiger partial charge in [-0.25, -0.2) is 2.14 Å². The summed E-state index contributed by atoms with van der Waals surface area (Å²) in [4.78, 5) is 10.4.